The van der Waals surface area contributed by atoms with Gasteiger partial charge in [0.2, 0.25) is 5.88 Å². The summed E-state index contributed by atoms with van der Waals surface area (Å²) in [5.41, 5.74) is 3.00. The number of hydrogen-bond donors (Lipinski definition) is 1. The molecule has 0 saturated carbocycles. The Morgan fingerprint density at radius 2 is 2.03 bits per heavy atom. The summed E-state index contributed by atoms with van der Waals surface area (Å²) in [7, 11) is 0. The van der Waals surface area contributed by atoms with Crippen LogP contribution in [0, 0.1) is 0 Å². The predicted molar refractivity (Wildman–Crippen MR) is 118 cm³/mol. The molecule has 2 heterocycles. The van der Waals surface area contributed by atoms with Crippen LogP contribution in [-0.2, 0) is 11.3 Å². The second-order valence-corrected chi connectivity index (χ2v) is 8.43. The zero-order valence-corrected chi connectivity index (χ0v) is 18.1. The topological polar surface area (TPSA) is 65.0 Å². The third-order valence-corrected chi connectivity index (χ3v) is 5.51. The molecule has 3 rings (SSSR count). The zero-order chi connectivity index (χ0) is 20.5. The van der Waals surface area contributed by atoms with E-state index in [2.05, 4.69) is 27.6 Å². The Balaban J connectivity index is 1.37. The van der Waals surface area contributed by atoms with Gasteiger partial charge in [0, 0.05) is 35.5 Å². The van der Waals surface area contributed by atoms with Crippen LogP contribution in [0.3, 0.4) is 0 Å². The van der Waals surface area contributed by atoms with Crippen LogP contribution in [0.25, 0.3) is 0 Å². The van der Waals surface area contributed by atoms with E-state index in [1.54, 1.807) is 6.20 Å². The molecule has 156 valence electrons. The SMILES string of the molecule is CC(=NOCCOc1ccc(CC2CNCS2)cc1)c1ccc(OC(C)C)nc1. The van der Waals surface area contributed by atoms with Crippen LogP contribution in [0.2, 0.25) is 0 Å². The molecular formula is C22H29N3O3S. The van der Waals surface area contributed by atoms with Crippen molar-refractivity contribution in [3.05, 3.63) is 53.7 Å². The van der Waals surface area contributed by atoms with Gasteiger partial charge < -0.3 is 19.6 Å². The standard InChI is InChI=1S/C22H29N3O3S/c1-16(2)28-22-9-6-19(13-24-22)17(3)25-27-11-10-26-20-7-4-18(5-8-20)12-21-14-23-15-29-21/h4-9,13,16,21,23H,10-12,14-15H2,1-3H3. The maximum absolute atomic E-state index is 5.73. The fourth-order valence-corrected chi connectivity index (χ4v) is 3.89. The monoisotopic (exact) mass is 415 g/mol. The fraction of sp³-hybridized carbons (Fsp3) is 0.455. The van der Waals surface area contributed by atoms with Gasteiger partial charge in [-0.3, -0.25) is 0 Å². The van der Waals surface area contributed by atoms with Crippen LogP contribution in [0.4, 0.5) is 0 Å². The Morgan fingerprint density at radius 1 is 1.21 bits per heavy atom. The van der Waals surface area contributed by atoms with Gasteiger partial charge >= 0.3 is 0 Å². The number of ether oxygens (including phenoxy) is 2. The first-order valence-electron chi connectivity index (χ1n) is 9.94. The molecule has 1 aromatic heterocycles. The highest BCUT2D eigenvalue weighted by Gasteiger charge is 2.15. The van der Waals surface area contributed by atoms with E-state index in [9.17, 15) is 0 Å². The van der Waals surface area contributed by atoms with E-state index in [0.29, 0.717) is 24.3 Å². The Hall–Kier alpha value is -2.25. The van der Waals surface area contributed by atoms with Gasteiger partial charge in [0.25, 0.3) is 0 Å². The van der Waals surface area contributed by atoms with E-state index in [0.717, 1.165) is 35.9 Å². The molecule has 1 aliphatic heterocycles. The number of pyridine rings is 1. The lowest BCUT2D eigenvalue weighted by atomic mass is 10.1. The maximum Gasteiger partial charge on any atom is 0.213 e. The molecule has 0 radical (unpaired) electrons. The van der Waals surface area contributed by atoms with Crippen molar-refractivity contribution in [1.29, 1.82) is 0 Å². The van der Waals surface area contributed by atoms with Gasteiger partial charge in [0.15, 0.2) is 6.61 Å². The summed E-state index contributed by atoms with van der Waals surface area (Å²) >= 11 is 1.98. The third-order valence-electron chi connectivity index (χ3n) is 4.34. The van der Waals surface area contributed by atoms with Crippen LogP contribution < -0.4 is 14.8 Å². The number of nitrogens with one attached hydrogen (secondary N) is 1. The number of aromatic nitrogens is 1. The van der Waals surface area contributed by atoms with Crippen LogP contribution in [-0.4, -0.2) is 47.7 Å². The van der Waals surface area contributed by atoms with Gasteiger partial charge in [0.05, 0.1) is 11.8 Å². The second kappa shape index (κ2) is 11.1. The van der Waals surface area contributed by atoms with Crippen molar-refractivity contribution < 1.29 is 14.3 Å². The predicted octanol–water partition coefficient (Wildman–Crippen LogP) is 3.89. The zero-order valence-electron chi connectivity index (χ0n) is 17.3. The average Bonchev–Trinajstić information content (AvgIpc) is 3.22. The van der Waals surface area contributed by atoms with Gasteiger partial charge in [-0.15, -0.1) is 11.8 Å². The normalized spacial score (nSPS) is 16.8. The summed E-state index contributed by atoms with van der Waals surface area (Å²) in [4.78, 5) is 9.65. The quantitative estimate of drug-likeness (QED) is 0.361. The summed E-state index contributed by atoms with van der Waals surface area (Å²) in [6.07, 6.45) is 2.93. The molecule has 1 N–H and O–H groups in total. The molecule has 1 fully saturated rings. The minimum atomic E-state index is 0.103. The number of nitrogens with zero attached hydrogens (tertiary/aromatic N) is 2. The summed E-state index contributed by atoms with van der Waals surface area (Å²) in [6.45, 7) is 7.74. The van der Waals surface area contributed by atoms with Crippen molar-refractivity contribution in [2.24, 2.45) is 5.16 Å². The van der Waals surface area contributed by atoms with E-state index in [-0.39, 0.29) is 6.10 Å². The first-order valence-corrected chi connectivity index (χ1v) is 11.0. The summed E-state index contributed by atoms with van der Waals surface area (Å²) in [5, 5.41) is 8.18. The molecule has 1 unspecified atom stereocenters. The summed E-state index contributed by atoms with van der Waals surface area (Å²) in [5.74, 6) is 2.51. The van der Waals surface area contributed by atoms with E-state index in [1.165, 1.54) is 5.56 Å². The molecule has 0 amide bonds. The molecule has 0 spiro atoms. The molecule has 2 aromatic rings. The first kappa shape index (κ1) is 21.5. The molecule has 1 saturated heterocycles. The molecule has 0 aliphatic carbocycles. The van der Waals surface area contributed by atoms with E-state index < -0.39 is 0 Å². The lowest BCUT2D eigenvalue weighted by molar-refractivity contribution is 0.107. The smallest absolute Gasteiger partial charge is 0.213 e. The van der Waals surface area contributed by atoms with Gasteiger partial charge in [-0.2, -0.15) is 0 Å². The van der Waals surface area contributed by atoms with Crippen molar-refractivity contribution in [1.82, 2.24) is 10.3 Å². The molecular weight excluding hydrogens is 386 g/mol. The van der Waals surface area contributed by atoms with Gasteiger partial charge in [-0.05, 0) is 51.0 Å². The van der Waals surface area contributed by atoms with Crippen molar-refractivity contribution in [3.63, 3.8) is 0 Å². The van der Waals surface area contributed by atoms with Crippen LogP contribution in [0.15, 0.2) is 47.8 Å². The minimum absolute atomic E-state index is 0.103. The van der Waals surface area contributed by atoms with Crippen LogP contribution in [0.1, 0.15) is 31.9 Å². The Kier molecular flexibility index (Phi) is 8.19. The molecule has 29 heavy (non-hydrogen) atoms. The lowest BCUT2D eigenvalue weighted by Crippen LogP contribution is -2.14. The van der Waals surface area contributed by atoms with Crippen LogP contribution >= 0.6 is 11.8 Å². The lowest BCUT2D eigenvalue weighted by Gasteiger charge is -2.10. The van der Waals surface area contributed by atoms with Crippen LogP contribution in [0.5, 0.6) is 11.6 Å². The third kappa shape index (κ3) is 7.25. The van der Waals surface area contributed by atoms with E-state index in [1.807, 2.05) is 56.8 Å². The number of thioether (sulfide) groups is 1. The summed E-state index contributed by atoms with van der Waals surface area (Å²) < 4.78 is 11.3. The van der Waals surface area contributed by atoms with Gasteiger partial charge in [0.1, 0.15) is 12.4 Å². The Bertz CT molecular complexity index is 773. The van der Waals surface area contributed by atoms with Gasteiger partial charge in [-0.25, -0.2) is 4.98 Å². The Labute approximate surface area is 177 Å². The maximum atomic E-state index is 5.73. The highest BCUT2D eigenvalue weighted by Crippen LogP contribution is 2.21. The minimum Gasteiger partial charge on any atom is -0.490 e. The number of benzene rings is 1. The molecule has 1 aromatic carbocycles. The number of hydrogen-bond acceptors (Lipinski definition) is 7. The molecule has 1 aliphatic rings. The fourth-order valence-electron chi connectivity index (χ4n) is 2.87. The highest BCUT2D eigenvalue weighted by molar-refractivity contribution is 8.00. The molecule has 0 bridgehead atoms. The van der Waals surface area contributed by atoms with Crippen molar-refractivity contribution in [2.45, 2.75) is 38.5 Å². The largest absolute Gasteiger partial charge is 0.490 e. The second-order valence-electron chi connectivity index (χ2n) is 7.15. The summed E-state index contributed by atoms with van der Waals surface area (Å²) in [6, 6.07) is 12.1. The molecule has 6 nitrogen and oxygen atoms in total. The first-order chi connectivity index (χ1) is 14.1. The van der Waals surface area contributed by atoms with E-state index in [4.69, 9.17) is 14.3 Å². The molecule has 1 atom stereocenters. The van der Waals surface area contributed by atoms with E-state index >= 15 is 0 Å². The highest BCUT2D eigenvalue weighted by atomic mass is 32.2. The Morgan fingerprint density at radius 3 is 2.69 bits per heavy atom. The van der Waals surface area contributed by atoms with Crippen molar-refractivity contribution in [2.75, 3.05) is 25.6 Å². The van der Waals surface area contributed by atoms with Crippen molar-refractivity contribution >= 4 is 17.5 Å². The number of rotatable bonds is 10. The van der Waals surface area contributed by atoms with Crippen molar-refractivity contribution in [3.8, 4) is 11.6 Å². The van der Waals surface area contributed by atoms with Gasteiger partial charge in [-0.1, -0.05) is 17.3 Å². The average molecular weight is 416 g/mol. The number of oxime groups is 1. The molecule has 7 heteroatoms.